The van der Waals surface area contributed by atoms with Gasteiger partial charge in [-0.25, -0.2) is 0 Å². The second kappa shape index (κ2) is 7.01. The van der Waals surface area contributed by atoms with Gasteiger partial charge in [-0.05, 0) is 33.6 Å². The zero-order chi connectivity index (χ0) is 13.6. The summed E-state index contributed by atoms with van der Waals surface area (Å²) in [4.78, 5) is 2.41. The molecule has 0 aromatic carbocycles. The van der Waals surface area contributed by atoms with Gasteiger partial charge >= 0.3 is 0 Å². The van der Waals surface area contributed by atoms with Gasteiger partial charge in [-0.15, -0.1) is 0 Å². The molecule has 0 N–H and O–H groups in total. The Morgan fingerprint density at radius 2 is 1.78 bits per heavy atom. The van der Waals surface area contributed by atoms with Crippen LogP contribution in [0.15, 0.2) is 5.10 Å². The lowest BCUT2D eigenvalue weighted by molar-refractivity contribution is 0.0672. The van der Waals surface area contributed by atoms with Gasteiger partial charge in [0.05, 0.1) is 0 Å². The maximum absolute atomic E-state index is 4.62. The highest BCUT2D eigenvalue weighted by molar-refractivity contribution is 5.58. The molecular formula is C15H31N3. The smallest absolute Gasteiger partial charge is 0.119 e. The van der Waals surface area contributed by atoms with Crippen molar-refractivity contribution in [3.8, 4) is 0 Å². The van der Waals surface area contributed by atoms with E-state index < -0.39 is 0 Å². The molecule has 3 heteroatoms. The molecule has 0 saturated heterocycles. The molecule has 0 radical (unpaired) electrons. The third kappa shape index (κ3) is 4.18. The minimum Gasteiger partial charge on any atom is -0.335 e. The number of nitrogens with zero attached hydrogens (tertiary/aromatic N) is 3. The zero-order valence-corrected chi connectivity index (χ0v) is 12.9. The summed E-state index contributed by atoms with van der Waals surface area (Å²) in [6.07, 6.45) is 10.2. The highest BCUT2D eigenvalue weighted by Gasteiger charge is 2.33. The number of hydrogen-bond donors (Lipinski definition) is 0. The maximum Gasteiger partial charge on any atom is 0.119 e. The Morgan fingerprint density at radius 1 is 1.06 bits per heavy atom. The van der Waals surface area contributed by atoms with Gasteiger partial charge in [0.2, 0.25) is 0 Å². The van der Waals surface area contributed by atoms with E-state index in [0.717, 1.165) is 6.54 Å². The fraction of sp³-hybridized carbons (Fsp3) is 0.933. The van der Waals surface area contributed by atoms with E-state index in [1.54, 1.807) is 0 Å². The summed E-state index contributed by atoms with van der Waals surface area (Å²) in [7, 11) is 0. The molecule has 1 aliphatic rings. The molecule has 1 rings (SSSR count). The molecule has 1 aliphatic heterocycles. The Bertz CT molecular complexity index is 255. The van der Waals surface area contributed by atoms with E-state index in [1.807, 2.05) is 6.34 Å². The molecule has 0 aliphatic carbocycles. The molecule has 0 aromatic heterocycles. The standard InChI is InChI=1S/C15H31N3/c1-6-8-9-10-12-18-14(11-7-2)17(13-16-18)15(3,4)5/h13-14H,6-12H2,1-5H3. The Kier molecular flexibility index (Phi) is 5.97. The summed E-state index contributed by atoms with van der Waals surface area (Å²) >= 11 is 0. The first-order valence-electron chi connectivity index (χ1n) is 7.60. The minimum absolute atomic E-state index is 0.168. The van der Waals surface area contributed by atoms with Crippen molar-refractivity contribution in [2.75, 3.05) is 6.54 Å². The molecule has 0 fully saturated rings. The van der Waals surface area contributed by atoms with Crippen molar-refractivity contribution in [2.45, 2.75) is 84.8 Å². The average Bonchev–Trinajstić information content (AvgIpc) is 2.68. The van der Waals surface area contributed by atoms with E-state index in [2.05, 4.69) is 49.6 Å². The lowest BCUT2D eigenvalue weighted by Gasteiger charge is -2.39. The number of unbranched alkanes of at least 4 members (excludes halogenated alkanes) is 3. The van der Waals surface area contributed by atoms with E-state index in [1.165, 1.54) is 38.5 Å². The molecule has 1 heterocycles. The first kappa shape index (κ1) is 15.3. The summed E-state index contributed by atoms with van der Waals surface area (Å²) in [5, 5.41) is 6.91. The van der Waals surface area contributed by atoms with Crippen LogP contribution in [0, 0.1) is 0 Å². The predicted molar refractivity (Wildman–Crippen MR) is 79.6 cm³/mol. The highest BCUT2D eigenvalue weighted by Crippen LogP contribution is 2.25. The molecule has 0 aromatic rings. The fourth-order valence-corrected chi connectivity index (χ4v) is 2.49. The molecule has 1 unspecified atom stereocenters. The van der Waals surface area contributed by atoms with Crippen molar-refractivity contribution < 1.29 is 0 Å². The predicted octanol–water partition coefficient (Wildman–Crippen LogP) is 4.05. The first-order valence-corrected chi connectivity index (χ1v) is 7.60. The van der Waals surface area contributed by atoms with E-state index in [-0.39, 0.29) is 5.54 Å². The van der Waals surface area contributed by atoms with Crippen LogP contribution in [0.25, 0.3) is 0 Å². The van der Waals surface area contributed by atoms with E-state index in [4.69, 9.17) is 0 Å². The molecule has 0 bridgehead atoms. The third-order valence-corrected chi connectivity index (χ3v) is 3.55. The molecule has 3 nitrogen and oxygen atoms in total. The van der Waals surface area contributed by atoms with Crippen molar-refractivity contribution in [1.82, 2.24) is 9.91 Å². The van der Waals surface area contributed by atoms with Gasteiger partial charge in [0, 0.05) is 12.1 Å². The first-order chi connectivity index (χ1) is 8.50. The zero-order valence-electron chi connectivity index (χ0n) is 12.9. The van der Waals surface area contributed by atoms with Crippen LogP contribution in [-0.2, 0) is 0 Å². The molecule has 106 valence electrons. The number of hydrazone groups is 1. The van der Waals surface area contributed by atoms with Crippen LogP contribution in [0.1, 0.15) is 73.1 Å². The lowest BCUT2D eigenvalue weighted by Crippen LogP contribution is -2.49. The maximum atomic E-state index is 4.62. The van der Waals surface area contributed by atoms with Crippen LogP contribution >= 0.6 is 0 Å². The SMILES string of the molecule is CCCCCCN1N=CN(C(C)(C)C)C1CCC. The normalized spacial score (nSPS) is 19.9. The molecule has 1 atom stereocenters. The monoisotopic (exact) mass is 253 g/mol. The average molecular weight is 253 g/mol. The van der Waals surface area contributed by atoms with E-state index in [9.17, 15) is 0 Å². The van der Waals surface area contributed by atoms with E-state index in [0.29, 0.717) is 6.17 Å². The van der Waals surface area contributed by atoms with Gasteiger partial charge in [0.15, 0.2) is 0 Å². The lowest BCUT2D eigenvalue weighted by atomic mass is 10.0. The van der Waals surface area contributed by atoms with Gasteiger partial charge in [-0.1, -0.05) is 39.5 Å². The molecular weight excluding hydrogens is 222 g/mol. The fourth-order valence-electron chi connectivity index (χ4n) is 2.49. The van der Waals surface area contributed by atoms with Gasteiger partial charge < -0.3 is 4.90 Å². The van der Waals surface area contributed by atoms with Crippen molar-refractivity contribution in [3.63, 3.8) is 0 Å². The van der Waals surface area contributed by atoms with Crippen molar-refractivity contribution in [3.05, 3.63) is 0 Å². The summed E-state index contributed by atoms with van der Waals surface area (Å²) in [6.45, 7) is 12.4. The minimum atomic E-state index is 0.168. The van der Waals surface area contributed by atoms with Crippen LogP contribution < -0.4 is 0 Å². The molecule has 18 heavy (non-hydrogen) atoms. The number of hydrogen-bond acceptors (Lipinski definition) is 3. The summed E-state index contributed by atoms with van der Waals surface area (Å²) in [5.41, 5.74) is 0.168. The van der Waals surface area contributed by atoms with Crippen LogP contribution in [-0.4, -0.2) is 34.5 Å². The van der Waals surface area contributed by atoms with Crippen molar-refractivity contribution in [1.29, 1.82) is 0 Å². The summed E-state index contributed by atoms with van der Waals surface area (Å²) < 4.78 is 0. The third-order valence-electron chi connectivity index (χ3n) is 3.55. The van der Waals surface area contributed by atoms with Gasteiger partial charge in [-0.3, -0.25) is 5.01 Å². The largest absolute Gasteiger partial charge is 0.335 e. The molecule has 0 amide bonds. The summed E-state index contributed by atoms with van der Waals surface area (Å²) in [5.74, 6) is 0. The van der Waals surface area contributed by atoms with Crippen molar-refractivity contribution in [2.24, 2.45) is 5.10 Å². The second-order valence-electron chi connectivity index (χ2n) is 6.30. The Morgan fingerprint density at radius 3 is 2.33 bits per heavy atom. The Balaban J connectivity index is 2.50. The quantitative estimate of drug-likeness (QED) is 0.637. The second-order valence-corrected chi connectivity index (χ2v) is 6.30. The number of rotatable bonds is 7. The van der Waals surface area contributed by atoms with Crippen LogP contribution in [0.2, 0.25) is 0 Å². The highest BCUT2D eigenvalue weighted by atomic mass is 15.6. The summed E-state index contributed by atoms with van der Waals surface area (Å²) in [6, 6.07) is 0. The van der Waals surface area contributed by atoms with Crippen LogP contribution in [0.5, 0.6) is 0 Å². The van der Waals surface area contributed by atoms with E-state index >= 15 is 0 Å². The Labute approximate surface area is 113 Å². The molecule has 0 spiro atoms. The van der Waals surface area contributed by atoms with Crippen molar-refractivity contribution >= 4 is 6.34 Å². The topological polar surface area (TPSA) is 18.8 Å². The van der Waals surface area contributed by atoms with Gasteiger partial charge in [0.25, 0.3) is 0 Å². The van der Waals surface area contributed by atoms with Crippen LogP contribution in [0.3, 0.4) is 0 Å². The van der Waals surface area contributed by atoms with Crippen LogP contribution in [0.4, 0.5) is 0 Å². The van der Waals surface area contributed by atoms with Gasteiger partial charge in [0.1, 0.15) is 12.5 Å². The van der Waals surface area contributed by atoms with Gasteiger partial charge in [-0.2, -0.15) is 5.10 Å². The molecule has 0 saturated carbocycles. The Hall–Kier alpha value is -0.730.